The number of amides is 1. The van der Waals surface area contributed by atoms with Crippen LogP contribution in [0.4, 0.5) is 0 Å². The molecule has 1 aliphatic rings. The maximum absolute atomic E-state index is 12.1. The second kappa shape index (κ2) is 4.88. The van der Waals surface area contributed by atoms with E-state index in [1.807, 2.05) is 24.0 Å². The molecule has 0 saturated carbocycles. The molecule has 1 aromatic carbocycles. The fourth-order valence-corrected chi connectivity index (χ4v) is 2.41. The SMILES string of the molecule is CCCN1C(=O)C(C)NC1c1ccccc1C. The first-order valence-electron chi connectivity index (χ1n) is 6.27. The molecular weight excluding hydrogens is 212 g/mol. The summed E-state index contributed by atoms with van der Waals surface area (Å²) >= 11 is 0. The summed E-state index contributed by atoms with van der Waals surface area (Å²) in [6, 6.07) is 8.17. The number of rotatable bonds is 3. The van der Waals surface area contributed by atoms with Gasteiger partial charge in [-0.1, -0.05) is 31.2 Å². The highest BCUT2D eigenvalue weighted by Gasteiger charge is 2.36. The van der Waals surface area contributed by atoms with Crippen LogP contribution in [-0.4, -0.2) is 23.4 Å². The molecule has 1 aromatic rings. The van der Waals surface area contributed by atoms with Crippen molar-refractivity contribution in [1.82, 2.24) is 10.2 Å². The van der Waals surface area contributed by atoms with Gasteiger partial charge in [-0.15, -0.1) is 0 Å². The normalized spacial score (nSPS) is 24.4. The van der Waals surface area contributed by atoms with Gasteiger partial charge in [-0.3, -0.25) is 10.1 Å². The zero-order chi connectivity index (χ0) is 12.4. The van der Waals surface area contributed by atoms with Crippen LogP contribution in [-0.2, 0) is 4.79 Å². The Bertz CT molecular complexity index is 416. The van der Waals surface area contributed by atoms with Gasteiger partial charge in [0.1, 0.15) is 6.17 Å². The molecule has 92 valence electrons. The highest BCUT2D eigenvalue weighted by molar-refractivity contribution is 5.84. The van der Waals surface area contributed by atoms with Crippen LogP contribution < -0.4 is 5.32 Å². The minimum Gasteiger partial charge on any atom is -0.322 e. The van der Waals surface area contributed by atoms with Crippen molar-refractivity contribution in [3.8, 4) is 0 Å². The van der Waals surface area contributed by atoms with Crippen molar-refractivity contribution in [2.45, 2.75) is 39.4 Å². The topological polar surface area (TPSA) is 32.3 Å². The standard InChI is InChI=1S/C14H20N2O/c1-4-9-16-13(15-11(3)14(16)17)12-8-6-5-7-10(12)2/h5-8,11,13,15H,4,9H2,1-3H3. The van der Waals surface area contributed by atoms with E-state index in [9.17, 15) is 4.79 Å². The van der Waals surface area contributed by atoms with Crippen LogP contribution >= 0.6 is 0 Å². The lowest BCUT2D eigenvalue weighted by atomic mass is 10.1. The number of nitrogens with one attached hydrogen (secondary N) is 1. The average Bonchev–Trinajstić information content (AvgIpc) is 2.58. The van der Waals surface area contributed by atoms with Crippen molar-refractivity contribution in [1.29, 1.82) is 0 Å². The quantitative estimate of drug-likeness (QED) is 0.866. The first kappa shape index (κ1) is 12.1. The third kappa shape index (κ3) is 2.20. The molecule has 2 atom stereocenters. The molecule has 2 unspecified atom stereocenters. The molecule has 2 rings (SSSR count). The molecule has 0 radical (unpaired) electrons. The lowest BCUT2D eigenvalue weighted by molar-refractivity contribution is -0.129. The van der Waals surface area contributed by atoms with Crippen molar-refractivity contribution in [2.24, 2.45) is 0 Å². The van der Waals surface area contributed by atoms with Gasteiger partial charge in [0, 0.05) is 6.54 Å². The fourth-order valence-electron chi connectivity index (χ4n) is 2.41. The van der Waals surface area contributed by atoms with Gasteiger partial charge >= 0.3 is 0 Å². The fraction of sp³-hybridized carbons (Fsp3) is 0.500. The maximum atomic E-state index is 12.1. The third-order valence-corrected chi connectivity index (χ3v) is 3.32. The van der Waals surface area contributed by atoms with Crippen LogP contribution in [0.25, 0.3) is 0 Å². The van der Waals surface area contributed by atoms with Crippen molar-refractivity contribution in [3.05, 3.63) is 35.4 Å². The van der Waals surface area contributed by atoms with Gasteiger partial charge in [0.25, 0.3) is 0 Å². The van der Waals surface area contributed by atoms with Crippen LogP contribution in [0.2, 0.25) is 0 Å². The molecule has 1 saturated heterocycles. The second-order valence-corrected chi connectivity index (χ2v) is 4.68. The smallest absolute Gasteiger partial charge is 0.241 e. The molecular formula is C14H20N2O. The summed E-state index contributed by atoms with van der Waals surface area (Å²) in [5, 5.41) is 3.37. The summed E-state index contributed by atoms with van der Waals surface area (Å²) in [5.41, 5.74) is 2.44. The maximum Gasteiger partial charge on any atom is 0.241 e. The summed E-state index contributed by atoms with van der Waals surface area (Å²) in [4.78, 5) is 14.0. The molecule has 1 fully saturated rings. The molecule has 0 aliphatic carbocycles. The van der Waals surface area contributed by atoms with E-state index >= 15 is 0 Å². The predicted octanol–water partition coefficient (Wildman–Crippen LogP) is 2.22. The number of aryl methyl sites for hydroxylation is 1. The Morgan fingerprint density at radius 2 is 2.06 bits per heavy atom. The molecule has 0 spiro atoms. The van der Waals surface area contributed by atoms with E-state index < -0.39 is 0 Å². The van der Waals surface area contributed by atoms with E-state index in [4.69, 9.17) is 0 Å². The average molecular weight is 232 g/mol. The summed E-state index contributed by atoms with van der Waals surface area (Å²) in [6.07, 6.45) is 1.03. The zero-order valence-electron chi connectivity index (χ0n) is 10.7. The summed E-state index contributed by atoms with van der Waals surface area (Å²) in [6.45, 7) is 6.94. The molecule has 17 heavy (non-hydrogen) atoms. The minimum atomic E-state index is -0.0776. The highest BCUT2D eigenvalue weighted by atomic mass is 16.2. The van der Waals surface area contributed by atoms with Crippen LogP contribution in [0.15, 0.2) is 24.3 Å². The van der Waals surface area contributed by atoms with Crippen LogP contribution in [0.5, 0.6) is 0 Å². The van der Waals surface area contributed by atoms with Crippen molar-refractivity contribution >= 4 is 5.91 Å². The van der Waals surface area contributed by atoms with Gasteiger partial charge in [-0.25, -0.2) is 0 Å². The largest absolute Gasteiger partial charge is 0.322 e. The Morgan fingerprint density at radius 1 is 1.35 bits per heavy atom. The van der Waals surface area contributed by atoms with Crippen LogP contribution in [0.3, 0.4) is 0 Å². The summed E-state index contributed by atoms with van der Waals surface area (Å²) in [7, 11) is 0. The molecule has 0 aromatic heterocycles. The molecule has 1 aliphatic heterocycles. The Labute approximate surface area is 103 Å². The Morgan fingerprint density at radius 3 is 2.71 bits per heavy atom. The predicted molar refractivity (Wildman–Crippen MR) is 68.5 cm³/mol. The molecule has 0 bridgehead atoms. The number of carbonyl (C=O) groups excluding carboxylic acids is 1. The third-order valence-electron chi connectivity index (χ3n) is 3.32. The second-order valence-electron chi connectivity index (χ2n) is 4.68. The number of benzene rings is 1. The lowest BCUT2D eigenvalue weighted by Gasteiger charge is -2.25. The van der Waals surface area contributed by atoms with E-state index in [1.165, 1.54) is 11.1 Å². The molecule has 3 heteroatoms. The number of hydrogen-bond donors (Lipinski definition) is 1. The number of carbonyl (C=O) groups is 1. The zero-order valence-corrected chi connectivity index (χ0v) is 10.7. The lowest BCUT2D eigenvalue weighted by Crippen LogP contribution is -2.31. The molecule has 1 N–H and O–H groups in total. The van der Waals surface area contributed by atoms with Crippen LogP contribution in [0.1, 0.15) is 37.6 Å². The van der Waals surface area contributed by atoms with Crippen molar-refractivity contribution in [3.63, 3.8) is 0 Å². The van der Waals surface area contributed by atoms with E-state index in [0.717, 1.165) is 13.0 Å². The van der Waals surface area contributed by atoms with Gasteiger partial charge in [0.15, 0.2) is 0 Å². The summed E-state index contributed by atoms with van der Waals surface area (Å²) in [5.74, 6) is 0.208. The first-order chi connectivity index (χ1) is 8.15. The van der Waals surface area contributed by atoms with Gasteiger partial charge in [0.2, 0.25) is 5.91 Å². The molecule has 1 heterocycles. The minimum absolute atomic E-state index is 0.0404. The van der Waals surface area contributed by atoms with Crippen molar-refractivity contribution < 1.29 is 4.79 Å². The van der Waals surface area contributed by atoms with E-state index in [-0.39, 0.29) is 18.1 Å². The summed E-state index contributed by atoms with van der Waals surface area (Å²) < 4.78 is 0. The number of hydrogen-bond acceptors (Lipinski definition) is 2. The van der Waals surface area contributed by atoms with Gasteiger partial charge in [-0.05, 0) is 31.4 Å². The van der Waals surface area contributed by atoms with Crippen LogP contribution in [0, 0.1) is 6.92 Å². The number of nitrogens with zero attached hydrogens (tertiary/aromatic N) is 1. The highest BCUT2D eigenvalue weighted by Crippen LogP contribution is 2.27. The molecule has 3 nitrogen and oxygen atoms in total. The Hall–Kier alpha value is -1.35. The van der Waals surface area contributed by atoms with Crippen molar-refractivity contribution in [2.75, 3.05) is 6.54 Å². The Kier molecular flexibility index (Phi) is 3.48. The van der Waals surface area contributed by atoms with E-state index in [1.54, 1.807) is 0 Å². The Balaban J connectivity index is 2.31. The van der Waals surface area contributed by atoms with Gasteiger partial charge in [0.05, 0.1) is 6.04 Å². The van der Waals surface area contributed by atoms with Gasteiger partial charge < -0.3 is 4.90 Å². The van der Waals surface area contributed by atoms with E-state index in [0.29, 0.717) is 0 Å². The van der Waals surface area contributed by atoms with E-state index in [2.05, 4.69) is 31.3 Å². The molecule has 1 amide bonds. The monoisotopic (exact) mass is 232 g/mol. The first-order valence-corrected chi connectivity index (χ1v) is 6.27. The van der Waals surface area contributed by atoms with Gasteiger partial charge in [-0.2, -0.15) is 0 Å².